The van der Waals surface area contributed by atoms with Crippen LogP contribution in [0.5, 0.6) is 0 Å². The second-order valence-corrected chi connectivity index (χ2v) is 18.6. The molecule has 0 radical (unpaired) electrons. The zero-order chi connectivity index (χ0) is 45.2. The minimum Gasteiger partial charge on any atom is -0.550 e. The Morgan fingerprint density at radius 2 is 0.533 bits per heavy atom. The normalized spacial score (nSPS) is 12.2. The first-order valence-electron chi connectivity index (χ1n) is 26.5. The fraction of sp³-hybridized carbons (Fsp3) is 0.962. The van der Waals surface area contributed by atoms with Crippen LogP contribution in [-0.2, 0) is 9.59 Å². The van der Waals surface area contributed by atoms with Gasteiger partial charge in [-0.1, -0.05) is 233 Å². The molecule has 0 rings (SSSR count). The Hall–Kier alpha value is -1.22. The van der Waals surface area contributed by atoms with E-state index in [4.69, 9.17) is 0 Å². The van der Waals surface area contributed by atoms with Gasteiger partial charge in [-0.25, -0.2) is 10.4 Å². The van der Waals surface area contributed by atoms with E-state index in [9.17, 15) is 30.2 Å². The van der Waals surface area contributed by atoms with Gasteiger partial charge in [0.15, 0.2) is 0 Å². The summed E-state index contributed by atoms with van der Waals surface area (Å²) in [4.78, 5) is 19.5. The van der Waals surface area contributed by atoms with Crippen molar-refractivity contribution in [3.05, 3.63) is 0 Å². The molecule has 0 saturated heterocycles. The molecule has 8 nitrogen and oxygen atoms in total. The van der Waals surface area contributed by atoms with Crippen LogP contribution in [0.15, 0.2) is 0 Å². The third kappa shape index (κ3) is 61.1. The molecule has 0 aliphatic heterocycles. The van der Waals surface area contributed by atoms with Crippen LogP contribution in [0.4, 0.5) is 0 Å². The number of carboxylic acid groups (broad SMARTS) is 2. The number of hydroxylamine groups is 4. The van der Waals surface area contributed by atoms with E-state index in [2.05, 4.69) is 27.7 Å². The van der Waals surface area contributed by atoms with Crippen molar-refractivity contribution in [2.45, 2.75) is 285 Å². The smallest absolute Gasteiger partial charge is 0.109 e. The predicted octanol–water partition coefficient (Wildman–Crippen LogP) is 11.2. The second kappa shape index (κ2) is 53.9. The van der Waals surface area contributed by atoms with Crippen molar-refractivity contribution in [2.75, 3.05) is 27.2 Å². The lowest BCUT2D eigenvalue weighted by molar-refractivity contribution is -1.07. The molecule has 2 atom stereocenters. The Morgan fingerprint density at radius 1 is 0.350 bits per heavy atom. The van der Waals surface area contributed by atoms with Gasteiger partial charge in [-0.2, -0.15) is 10.1 Å². The largest absolute Gasteiger partial charge is 0.550 e. The molecule has 4 N–H and O–H groups in total. The summed E-state index contributed by atoms with van der Waals surface area (Å²) in [5.74, 6) is -0.827. The topological polar surface area (TPSA) is 130 Å². The Kier molecular flexibility index (Phi) is 56.7. The maximum absolute atomic E-state index is 9.77. The Balaban J connectivity index is -0.000000884. The highest BCUT2D eigenvalue weighted by molar-refractivity contribution is 5.65. The number of hydrogen-bond acceptors (Lipinski definition) is 6. The van der Waals surface area contributed by atoms with Crippen LogP contribution in [0, 0.1) is 11.8 Å². The number of carboxylic acids is 2. The van der Waals surface area contributed by atoms with Gasteiger partial charge < -0.3 is 19.8 Å². The molecular weight excluding hydrogens is 749 g/mol. The van der Waals surface area contributed by atoms with Crippen LogP contribution in [0.3, 0.4) is 0 Å². The molecule has 0 fully saturated rings. The van der Waals surface area contributed by atoms with E-state index in [1.54, 1.807) is 0 Å². The van der Waals surface area contributed by atoms with Gasteiger partial charge in [0.05, 0.1) is 14.1 Å². The first-order chi connectivity index (χ1) is 29.0. The van der Waals surface area contributed by atoms with Gasteiger partial charge in [0.1, 0.15) is 13.1 Å². The van der Waals surface area contributed by atoms with Crippen molar-refractivity contribution in [1.29, 1.82) is 0 Å². The highest BCUT2D eigenvalue weighted by atomic mass is 16.5. The van der Waals surface area contributed by atoms with Gasteiger partial charge in [-0.15, -0.1) is 0 Å². The van der Waals surface area contributed by atoms with Crippen LogP contribution >= 0.6 is 0 Å². The van der Waals surface area contributed by atoms with Crippen molar-refractivity contribution in [3.8, 4) is 0 Å². The fourth-order valence-electron chi connectivity index (χ4n) is 8.34. The number of hydrogen-bond donors (Lipinski definition) is 4. The summed E-state index contributed by atoms with van der Waals surface area (Å²) in [6.45, 7) is 11.0. The molecule has 8 heteroatoms. The highest BCUT2D eigenvalue weighted by Gasteiger charge is 2.14. The number of nitrogens with one attached hydrogen (secondary N) is 2. The zero-order valence-corrected chi connectivity index (χ0v) is 41.4. The standard InChI is InChI=1S/2C23H49NO.C6H10O4/c2*1-4-6-8-10-12-14-16-18-20-23(22-24(3)25)21-19-17-15-13-11-9-7-5-2;7-5(8)3-1-2-4-6(9)10/h2*23,25H,4-22H2,1-3H3;1-4H2,(H,7,8)(H,9,10). The molecule has 0 spiro atoms. The summed E-state index contributed by atoms with van der Waals surface area (Å²) in [7, 11) is 3.77. The minimum atomic E-state index is -1.14. The first kappa shape index (κ1) is 63.1. The lowest BCUT2D eigenvalue weighted by Gasteiger charge is -2.17. The predicted molar refractivity (Wildman–Crippen MR) is 251 cm³/mol. The van der Waals surface area contributed by atoms with E-state index in [-0.39, 0.29) is 12.8 Å². The quantitative estimate of drug-likeness (QED) is 0.0356. The monoisotopic (exact) mass is 857 g/mol. The summed E-state index contributed by atoms with van der Waals surface area (Å²) in [6, 6.07) is 0. The second-order valence-electron chi connectivity index (χ2n) is 18.6. The first-order valence-corrected chi connectivity index (χ1v) is 26.5. The number of carbonyl (C=O) groups is 2. The molecule has 0 aliphatic carbocycles. The fourth-order valence-corrected chi connectivity index (χ4v) is 8.34. The van der Waals surface area contributed by atoms with E-state index in [1.165, 1.54) is 231 Å². The summed E-state index contributed by atoms with van der Waals surface area (Å²) in [5, 5.41) is 40.2. The van der Waals surface area contributed by atoms with Gasteiger partial charge in [0, 0.05) is 23.8 Å². The minimum absolute atomic E-state index is 0.0761. The summed E-state index contributed by atoms with van der Waals surface area (Å²) < 4.78 is 0. The number of quaternary nitrogens is 2. The van der Waals surface area contributed by atoms with Crippen LogP contribution < -0.4 is 20.3 Å². The van der Waals surface area contributed by atoms with Gasteiger partial charge in [-0.05, 0) is 51.4 Å². The summed E-state index contributed by atoms with van der Waals surface area (Å²) >= 11 is 0. The number of unbranched alkanes of at least 4 members (excludes halogenated alkanes) is 29. The maximum Gasteiger partial charge on any atom is 0.109 e. The third-order valence-electron chi connectivity index (χ3n) is 12.0. The molecule has 0 aromatic carbocycles. The van der Waals surface area contributed by atoms with Crippen LogP contribution in [0.1, 0.15) is 285 Å². The molecule has 362 valence electrons. The molecular formula is C52H108N2O6. The molecule has 0 aromatic heterocycles. The van der Waals surface area contributed by atoms with E-state index < -0.39 is 11.9 Å². The van der Waals surface area contributed by atoms with Gasteiger partial charge in [0.2, 0.25) is 0 Å². The molecule has 0 aromatic rings. The van der Waals surface area contributed by atoms with Crippen molar-refractivity contribution in [3.63, 3.8) is 0 Å². The zero-order valence-electron chi connectivity index (χ0n) is 41.4. The highest BCUT2D eigenvalue weighted by Crippen LogP contribution is 2.20. The summed E-state index contributed by atoms with van der Waals surface area (Å²) in [6.07, 6.45) is 50.6. The van der Waals surface area contributed by atoms with Crippen molar-refractivity contribution < 1.29 is 40.3 Å². The van der Waals surface area contributed by atoms with Crippen LogP contribution in [0.25, 0.3) is 0 Å². The summed E-state index contributed by atoms with van der Waals surface area (Å²) in [5.41, 5.74) is 0. The third-order valence-corrected chi connectivity index (χ3v) is 12.0. The lowest BCUT2D eigenvalue weighted by atomic mass is 9.94. The van der Waals surface area contributed by atoms with Gasteiger partial charge >= 0.3 is 0 Å². The Bertz CT molecular complexity index is 720. The lowest BCUT2D eigenvalue weighted by Crippen LogP contribution is -3.07. The molecule has 0 heterocycles. The number of carbonyl (C=O) groups excluding carboxylic acids is 2. The maximum atomic E-state index is 9.77. The number of rotatable bonds is 45. The van der Waals surface area contributed by atoms with E-state index >= 15 is 0 Å². The SMILES string of the molecule is CCCCCCCCCCC(CCCCCCCCCC)C[NH+](C)O.CCCCCCCCCCC(CCCCCCCCCC)C[NH+](C)O.O=C([O-])CCCCC(=O)[O-]. The van der Waals surface area contributed by atoms with Gasteiger partial charge in [0.25, 0.3) is 0 Å². The Labute approximate surface area is 374 Å². The molecule has 2 unspecified atom stereocenters. The Morgan fingerprint density at radius 3 is 0.700 bits per heavy atom. The average molecular weight is 857 g/mol. The molecule has 0 saturated carbocycles. The van der Waals surface area contributed by atoms with Crippen LogP contribution in [0.2, 0.25) is 0 Å². The molecule has 0 aliphatic rings. The molecule has 60 heavy (non-hydrogen) atoms. The van der Waals surface area contributed by atoms with E-state index in [0.29, 0.717) is 23.0 Å². The average Bonchev–Trinajstić information content (AvgIpc) is 3.20. The van der Waals surface area contributed by atoms with Crippen molar-refractivity contribution in [2.24, 2.45) is 11.8 Å². The molecule has 0 amide bonds. The van der Waals surface area contributed by atoms with E-state index in [0.717, 1.165) is 24.9 Å². The van der Waals surface area contributed by atoms with Crippen molar-refractivity contribution >= 4 is 11.9 Å². The van der Waals surface area contributed by atoms with Crippen LogP contribution in [-0.4, -0.2) is 49.5 Å². The number of aliphatic carboxylic acids is 2. The van der Waals surface area contributed by atoms with E-state index in [1.807, 2.05) is 14.1 Å². The van der Waals surface area contributed by atoms with Gasteiger partial charge in [-0.3, -0.25) is 0 Å². The van der Waals surface area contributed by atoms with Crippen molar-refractivity contribution in [1.82, 2.24) is 0 Å². The molecule has 0 bridgehead atoms.